The third-order valence-electron chi connectivity index (χ3n) is 4.22. The van der Waals surface area contributed by atoms with E-state index in [0.29, 0.717) is 0 Å². The summed E-state index contributed by atoms with van der Waals surface area (Å²) < 4.78 is 21.6. The number of aliphatic carboxylic acids is 1. The fraction of sp³-hybridized carbons (Fsp3) is 0.278. The maximum absolute atomic E-state index is 12.3. The molecule has 0 amide bonds. The third kappa shape index (κ3) is 3.80. The highest BCUT2D eigenvalue weighted by Gasteiger charge is 2.52. The molecule has 1 aliphatic rings. The summed E-state index contributed by atoms with van der Waals surface area (Å²) >= 11 is 0. The zero-order chi connectivity index (χ0) is 21.0. The molecule has 11 heteroatoms. The van der Waals surface area contributed by atoms with E-state index in [1.807, 2.05) is 0 Å². The van der Waals surface area contributed by atoms with Crippen molar-refractivity contribution in [3.8, 4) is 11.9 Å². The summed E-state index contributed by atoms with van der Waals surface area (Å²) in [5, 5.41) is 10.0. The normalized spacial score (nSPS) is 21.0. The Hall–Kier alpha value is -3.73. The predicted octanol–water partition coefficient (Wildman–Crippen LogP) is 0.618. The van der Waals surface area contributed by atoms with Gasteiger partial charge in [-0.3, -0.25) is 9.59 Å². The summed E-state index contributed by atoms with van der Waals surface area (Å²) in [6, 6.07) is 2.64. The van der Waals surface area contributed by atoms with E-state index in [2.05, 4.69) is 19.9 Å². The molecule has 0 bridgehead atoms. The third-order valence-corrected chi connectivity index (χ3v) is 4.22. The number of rotatable bonds is 7. The van der Waals surface area contributed by atoms with Crippen LogP contribution in [0.3, 0.4) is 0 Å². The van der Waals surface area contributed by atoms with Crippen LogP contribution in [-0.2, 0) is 19.9 Å². The molecule has 2 atom stereocenters. The van der Waals surface area contributed by atoms with Gasteiger partial charge in [-0.2, -0.15) is 4.98 Å². The molecule has 3 rings (SSSR count). The molecule has 0 saturated heterocycles. The zero-order valence-corrected chi connectivity index (χ0v) is 15.8. The van der Waals surface area contributed by atoms with Crippen molar-refractivity contribution in [1.29, 1.82) is 0 Å². The summed E-state index contributed by atoms with van der Waals surface area (Å²) in [7, 11) is 4.00. The van der Waals surface area contributed by atoms with E-state index in [9.17, 15) is 14.7 Å². The number of hydrogen-bond acceptors (Lipinski definition) is 9. The Morgan fingerprint density at radius 2 is 1.93 bits per heavy atom. The minimum absolute atomic E-state index is 0.0138. The van der Waals surface area contributed by atoms with Gasteiger partial charge in [-0.25, -0.2) is 9.97 Å². The van der Waals surface area contributed by atoms with E-state index >= 15 is 0 Å². The first kappa shape index (κ1) is 20.0. The van der Waals surface area contributed by atoms with Gasteiger partial charge >= 0.3 is 12.0 Å². The van der Waals surface area contributed by atoms with Crippen molar-refractivity contribution in [3.63, 3.8) is 0 Å². The fourth-order valence-corrected chi connectivity index (χ4v) is 2.93. The van der Waals surface area contributed by atoms with E-state index in [1.54, 1.807) is 6.07 Å². The number of hydrogen-bond donors (Lipinski definition) is 2. The van der Waals surface area contributed by atoms with Crippen LogP contribution in [0.1, 0.15) is 5.82 Å². The average Bonchev–Trinajstić information content (AvgIpc) is 2.72. The van der Waals surface area contributed by atoms with Gasteiger partial charge in [0.2, 0.25) is 5.88 Å². The molecule has 0 aliphatic heterocycles. The van der Waals surface area contributed by atoms with Gasteiger partial charge in [0.1, 0.15) is 11.5 Å². The number of carboxylic acids is 1. The van der Waals surface area contributed by atoms with Gasteiger partial charge in [-0.1, -0.05) is 0 Å². The van der Waals surface area contributed by atoms with E-state index in [0.717, 1.165) is 6.07 Å². The molecule has 2 unspecified atom stereocenters. The van der Waals surface area contributed by atoms with E-state index in [1.165, 1.54) is 45.9 Å². The number of nitrogens with one attached hydrogen (secondary N) is 1. The summed E-state index contributed by atoms with van der Waals surface area (Å²) in [6.45, 7) is 0. The smallest absolute Gasteiger partial charge is 0.321 e. The van der Waals surface area contributed by atoms with Crippen molar-refractivity contribution in [2.24, 2.45) is 5.92 Å². The van der Waals surface area contributed by atoms with Crippen molar-refractivity contribution >= 4 is 5.97 Å². The summed E-state index contributed by atoms with van der Waals surface area (Å²) in [6.07, 6.45) is 5.66. The maximum atomic E-state index is 12.3. The van der Waals surface area contributed by atoms with Crippen LogP contribution < -0.4 is 15.0 Å². The largest absolute Gasteiger partial charge is 0.497 e. The molecule has 0 aromatic carbocycles. The van der Waals surface area contributed by atoms with E-state index in [-0.39, 0.29) is 29.2 Å². The summed E-state index contributed by atoms with van der Waals surface area (Å²) in [4.78, 5) is 38.9. The van der Waals surface area contributed by atoms with Crippen LogP contribution in [0.2, 0.25) is 0 Å². The highest BCUT2D eigenvalue weighted by molar-refractivity contribution is 5.76. The maximum Gasteiger partial charge on any atom is 0.321 e. The molecule has 2 N–H and O–H groups in total. The number of aromatic nitrogens is 4. The van der Waals surface area contributed by atoms with Crippen molar-refractivity contribution in [2.45, 2.75) is 5.60 Å². The van der Waals surface area contributed by atoms with Gasteiger partial charge in [-0.05, 0) is 12.1 Å². The molecular weight excluding hydrogens is 384 g/mol. The molecule has 29 heavy (non-hydrogen) atoms. The minimum atomic E-state index is -1.77. The van der Waals surface area contributed by atoms with E-state index < -0.39 is 23.0 Å². The summed E-state index contributed by atoms with van der Waals surface area (Å²) in [5.41, 5.74) is -2.33. The number of H-pyrrole nitrogens is 1. The molecule has 1 aliphatic carbocycles. The molecule has 152 valence electrons. The summed E-state index contributed by atoms with van der Waals surface area (Å²) in [5.74, 6) is -2.72. The molecule has 2 heterocycles. The number of aromatic amines is 1. The first-order valence-electron chi connectivity index (χ1n) is 8.30. The molecule has 2 aromatic heterocycles. The molecule has 0 saturated carbocycles. The number of nitrogens with zero attached hydrogens (tertiary/aromatic N) is 3. The quantitative estimate of drug-likeness (QED) is 0.675. The lowest BCUT2D eigenvalue weighted by molar-refractivity contribution is -0.152. The van der Waals surface area contributed by atoms with Crippen LogP contribution in [-0.4, -0.2) is 52.3 Å². The Balaban J connectivity index is 2.20. The average molecular weight is 402 g/mol. The number of allylic oxidation sites excluding steroid dienone is 1. The van der Waals surface area contributed by atoms with Gasteiger partial charge in [0.05, 0.1) is 20.3 Å². The Labute approximate surface area is 164 Å². The standard InChI is InChI=1S/C18H18N4O7/c1-26-10-7-11(29-17-19-5-4-6-20-17)14(15(24)25)18(9-10,28-3)16-21-12(23)8-13(22-16)27-2/h4-9,14H,1-3H3,(H,24,25)(H,21,22,23). The monoisotopic (exact) mass is 402 g/mol. The van der Waals surface area contributed by atoms with Crippen molar-refractivity contribution < 1.29 is 28.8 Å². The second-order valence-electron chi connectivity index (χ2n) is 5.84. The number of carboxylic acid groups (broad SMARTS) is 1. The first-order valence-corrected chi connectivity index (χ1v) is 8.30. The van der Waals surface area contributed by atoms with Crippen LogP contribution in [0, 0.1) is 5.92 Å². The Morgan fingerprint density at radius 3 is 2.52 bits per heavy atom. The molecule has 2 aromatic rings. The van der Waals surface area contributed by atoms with Gasteiger partial charge in [0, 0.05) is 25.6 Å². The Bertz CT molecular complexity index is 1020. The fourth-order valence-electron chi connectivity index (χ4n) is 2.93. The van der Waals surface area contributed by atoms with Gasteiger partial charge in [0.25, 0.3) is 5.56 Å². The van der Waals surface area contributed by atoms with Crippen molar-refractivity contribution in [3.05, 3.63) is 64.4 Å². The van der Waals surface area contributed by atoms with Crippen LogP contribution >= 0.6 is 0 Å². The first-order chi connectivity index (χ1) is 13.9. The number of ether oxygens (including phenoxy) is 4. The van der Waals surface area contributed by atoms with Crippen molar-refractivity contribution in [1.82, 2.24) is 19.9 Å². The lowest BCUT2D eigenvalue weighted by atomic mass is 9.80. The van der Waals surface area contributed by atoms with Crippen molar-refractivity contribution in [2.75, 3.05) is 21.3 Å². The van der Waals surface area contributed by atoms with E-state index in [4.69, 9.17) is 18.9 Å². The molecule has 11 nitrogen and oxygen atoms in total. The topological polar surface area (TPSA) is 146 Å². The van der Waals surface area contributed by atoms with Gasteiger partial charge in [0.15, 0.2) is 17.3 Å². The molecule has 0 fully saturated rings. The van der Waals surface area contributed by atoms with Crippen LogP contribution in [0.4, 0.5) is 0 Å². The highest BCUT2D eigenvalue weighted by Crippen LogP contribution is 2.42. The highest BCUT2D eigenvalue weighted by atomic mass is 16.5. The van der Waals surface area contributed by atoms with Gasteiger partial charge in [-0.15, -0.1) is 0 Å². The second-order valence-corrected chi connectivity index (χ2v) is 5.84. The molecular formula is C18H18N4O7. The number of carbonyl (C=O) groups is 1. The Morgan fingerprint density at radius 1 is 1.21 bits per heavy atom. The minimum Gasteiger partial charge on any atom is -0.497 e. The lowest BCUT2D eigenvalue weighted by Crippen LogP contribution is -2.46. The number of methoxy groups -OCH3 is 3. The molecule has 0 spiro atoms. The SMILES string of the molecule is COC1=CC(OC)(c2nc(OC)cc(=O)[nH]2)C(C(=O)O)C(Oc2ncccn2)=C1. The van der Waals surface area contributed by atoms with Crippen LogP contribution in [0.15, 0.2) is 53.0 Å². The van der Waals surface area contributed by atoms with Crippen LogP contribution in [0.25, 0.3) is 0 Å². The molecule has 0 radical (unpaired) electrons. The van der Waals surface area contributed by atoms with Gasteiger partial charge < -0.3 is 29.0 Å². The predicted molar refractivity (Wildman–Crippen MR) is 97.1 cm³/mol. The zero-order valence-electron chi connectivity index (χ0n) is 15.8. The second kappa shape index (κ2) is 8.10. The lowest BCUT2D eigenvalue weighted by Gasteiger charge is -2.37. The Kier molecular flexibility index (Phi) is 5.59. The van der Waals surface area contributed by atoms with Crippen LogP contribution in [0.5, 0.6) is 11.9 Å².